The number of methoxy groups -OCH3 is 1. The number of carbonyl (C=O) groups is 1. The summed E-state index contributed by atoms with van der Waals surface area (Å²) in [5, 5.41) is 0. The van der Waals surface area contributed by atoms with Crippen LogP contribution >= 0.6 is 27.3 Å². The molecule has 190 valence electrons. The summed E-state index contributed by atoms with van der Waals surface area (Å²) >= 11 is 4.82. The molecule has 0 fully saturated rings. The normalized spacial score (nSPS) is 16.3. The van der Waals surface area contributed by atoms with Crippen molar-refractivity contribution in [3.05, 3.63) is 119 Å². The van der Waals surface area contributed by atoms with E-state index in [9.17, 15) is 9.59 Å². The van der Waals surface area contributed by atoms with Gasteiger partial charge >= 0.3 is 5.97 Å². The molecule has 8 heteroatoms. The quantitative estimate of drug-likeness (QED) is 0.249. The SMILES string of the molecule is COc1ccc([C@H]2C3=C(N=c4s/c(=C/c5cc(Br)ccc5OC(C)=O)c(=O)n42)c2ccccc2CC3)cc1. The standard InChI is InChI=1S/C30H23BrN2O4S/c1-17(34)37-25-14-10-21(31)15-20(25)16-26-29(35)33-28(19-7-11-22(36-2)12-8-19)24-13-9-18-5-3-4-6-23(18)27(24)32-30(33)38-26/h3-8,10-12,14-16,28H,9,13H2,1-2H3/b26-16+/t28-/m0/s1. The summed E-state index contributed by atoms with van der Waals surface area (Å²) in [7, 11) is 1.64. The van der Waals surface area contributed by atoms with Crippen molar-refractivity contribution in [3.63, 3.8) is 0 Å². The number of ether oxygens (including phenoxy) is 2. The molecule has 0 spiro atoms. The topological polar surface area (TPSA) is 69.9 Å². The average Bonchev–Trinajstić information content (AvgIpc) is 3.23. The molecule has 0 saturated heterocycles. The highest BCUT2D eigenvalue weighted by molar-refractivity contribution is 9.10. The van der Waals surface area contributed by atoms with Crippen LogP contribution in [0, 0.1) is 0 Å². The van der Waals surface area contributed by atoms with Crippen LogP contribution in [-0.2, 0) is 11.2 Å². The molecule has 0 amide bonds. The number of fused-ring (bicyclic) bond motifs is 3. The van der Waals surface area contributed by atoms with Crippen LogP contribution in [0.4, 0.5) is 0 Å². The van der Waals surface area contributed by atoms with Gasteiger partial charge in [-0.25, -0.2) is 4.99 Å². The summed E-state index contributed by atoms with van der Waals surface area (Å²) in [5.74, 6) is 0.734. The lowest BCUT2D eigenvalue weighted by atomic mass is 9.83. The van der Waals surface area contributed by atoms with Crippen LogP contribution in [0.3, 0.4) is 0 Å². The maximum atomic E-state index is 14.0. The molecule has 2 heterocycles. The van der Waals surface area contributed by atoms with E-state index < -0.39 is 5.97 Å². The highest BCUT2D eigenvalue weighted by Gasteiger charge is 2.32. The van der Waals surface area contributed by atoms with E-state index >= 15 is 0 Å². The average molecular weight is 587 g/mol. The summed E-state index contributed by atoms with van der Waals surface area (Å²) < 4.78 is 13.9. The van der Waals surface area contributed by atoms with Gasteiger partial charge < -0.3 is 9.47 Å². The molecule has 1 aromatic heterocycles. The third kappa shape index (κ3) is 4.33. The van der Waals surface area contributed by atoms with Crippen LogP contribution in [-0.4, -0.2) is 17.6 Å². The summed E-state index contributed by atoms with van der Waals surface area (Å²) in [5.41, 5.74) is 5.98. The van der Waals surface area contributed by atoms with E-state index in [0.717, 1.165) is 45.5 Å². The molecule has 1 atom stereocenters. The zero-order valence-corrected chi connectivity index (χ0v) is 23.1. The number of rotatable bonds is 4. The van der Waals surface area contributed by atoms with E-state index in [1.807, 2.05) is 36.4 Å². The van der Waals surface area contributed by atoms with E-state index in [2.05, 4.69) is 34.1 Å². The van der Waals surface area contributed by atoms with Gasteiger partial charge in [0, 0.05) is 22.5 Å². The van der Waals surface area contributed by atoms with Gasteiger partial charge in [-0.3, -0.25) is 14.2 Å². The zero-order valence-electron chi connectivity index (χ0n) is 20.7. The Morgan fingerprint density at radius 3 is 2.66 bits per heavy atom. The van der Waals surface area contributed by atoms with Gasteiger partial charge in [0.25, 0.3) is 5.56 Å². The van der Waals surface area contributed by atoms with Crippen molar-refractivity contribution in [2.24, 2.45) is 4.99 Å². The lowest BCUT2D eigenvalue weighted by Gasteiger charge is -2.30. The Labute approximate surface area is 231 Å². The van der Waals surface area contributed by atoms with Crippen LogP contribution in [0.15, 0.2) is 86.6 Å². The summed E-state index contributed by atoms with van der Waals surface area (Å²) in [6.07, 6.45) is 3.48. The predicted octanol–water partition coefficient (Wildman–Crippen LogP) is 5.02. The molecule has 0 radical (unpaired) electrons. The first-order valence-electron chi connectivity index (χ1n) is 12.2. The number of nitrogens with zero attached hydrogens (tertiary/aromatic N) is 2. The van der Waals surface area contributed by atoms with Crippen LogP contribution < -0.4 is 24.4 Å². The zero-order chi connectivity index (χ0) is 26.4. The monoisotopic (exact) mass is 586 g/mol. The van der Waals surface area contributed by atoms with E-state index in [4.69, 9.17) is 14.5 Å². The minimum Gasteiger partial charge on any atom is -0.497 e. The largest absolute Gasteiger partial charge is 0.497 e. The molecule has 1 aliphatic heterocycles. The first-order valence-corrected chi connectivity index (χ1v) is 13.8. The van der Waals surface area contributed by atoms with Crippen molar-refractivity contribution in [3.8, 4) is 11.5 Å². The van der Waals surface area contributed by atoms with Gasteiger partial charge in [0.15, 0.2) is 4.80 Å². The number of benzene rings is 3. The molecule has 6 nitrogen and oxygen atoms in total. The highest BCUT2D eigenvalue weighted by Crippen LogP contribution is 2.41. The Bertz CT molecular complexity index is 1800. The fourth-order valence-electron chi connectivity index (χ4n) is 5.13. The second-order valence-corrected chi connectivity index (χ2v) is 11.1. The second kappa shape index (κ2) is 9.85. The first kappa shape index (κ1) is 24.6. The van der Waals surface area contributed by atoms with Gasteiger partial charge in [0.1, 0.15) is 11.5 Å². The number of thiazole rings is 1. The van der Waals surface area contributed by atoms with E-state index in [1.165, 1.54) is 23.8 Å². The Balaban J connectivity index is 1.59. The number of allylic oxidation sites excluding steroid dienone is 1. The minimum absolute atomic E-state index is 0.131. The van der Waals surface area contributed by atoms with Crippen molar-refractivity contribution in [1.29, 1.82) is 0 Å². The number of aromatic nitrogens is 1. The minimum atomic E-state index is -0.422. The highest BCUT2D eigenvalue weighted by atomic mass is 79.9. The van der Waals surface area contributed by atoms with Crippen LogP contribution in [0.1, 0.15) is 41.6 Å². The van der Waals surface area contributed by atoms with Crippen molar-refractivity contribution in [2.75, 3.05) is 7.11 Å². The summed E-state index contributed by atoms with van der Waals surface area (Å²) in [4.78, 5) is 31.3. The lowest BCUT2D eigenvalue weighted by Crippen LogP contribution is -2.38. The van der Waals surface area contributed by atoms with Crippen molar-refractivity contribution < 1.29 is 14.3 Å². The lowest BCUT2D eigenvalue weighted by molar-refractivity contribution is -0.131. The van der Waals surface area contributed by atoms with Crippen molar-refractivity contribution >= 4 is 45.0 Å². The molecule has 0 saturated carbocycles. The van der Waals surface area contributed by atoms with Crippen LogP contribution in [0.25, 0.3) is 11.8 Å². The molecule has 0 bridgehead atoms. The number of carbonyl (C=O) groups excluding carboxylic acids is 1. The third-order valence-electron chi connectivity index (χ3n) is 6.82. The smallest absolute Gasteiger partial charge is 0.308 e. The second-order valence-electron chi connectivity index (χ2n) is 9.16. The molecule has 1 aliphatic carbocycles. The van der Waals surface area contributed by atoms with Gasteiger partial charge in [-0.2, -0.15) is 0 Å². The molecule has 0 unspecified atom stereocenters. The fraction of sp³-hybridized carbons (Fsp3) is 0.167. The van der Waals surface area contributed by atoms with Gasteiger partial charge in [0.2, 0.25) is 0 Å². The molecule has 6 rings (SSSR count). The predicted molar refractivity (Wildman–Crippen MR) is 151 cm³/mol. The molecule has 0 N–H and O–H groups in total. The van der Waals surface area contributed by atoms with Crippen molar-refractivity contribution in [2.45, 2.75) is 25.8 Å². The molecule has 2 aliphatic rings. The summed E-state index contributed by atoms with van der Waals surface area (Å²) in [6, 6.07) is 21.3. The first-order chi connectivity index (χ1) is 18.4. The number of hydrogen-bond acceptors (Lipinski definition) is 6. The van der Waals surface area contributed by atoms with Crippen LogP contribution in [0.2, 0.25) is 0 Å². The van der Waals surface area contributed by atoms with E-state index in [1.54, 1.807) is 29.9 Å². The van der Waals surface area contributed by atoms with E-state index in [0.29, 0.717) is 20.6 Å². The van der Waals surface area contributed by atoms with Gasteiger partial charge in [0.05, 0.1) is 23.4 Å². The number of hydrogen-bond donors (Lipinski definition) is 0. The number of halogens is 1. The Morgan fingerprint density at radius 2 is 1.89 bits per heavy atom. The molecule has 4 aromatic rings. The number of esters is 1. The Morgan fingerprint density at radius 1 is 1.11 bits per heavy atom. The molecular weight excluding hydrogens is 564 g/mol. The molecular formula is C30H23BrN2O4S. The Hall–Kier alpha value is -3.75. The van der Waals surface area contributed by atoms with Gasteiger partial charge in [-0.1, -0.05) is 63.7 Å². The maximum Gasteiger partial charge on any atom is 0.308 e. The summed E-state index contributed by atoms with van der Waals surface area (Å²) in [6.45, 7) is 1.36. The molecule has 3 aromatic carbocycles. The van der Waals surface area contributed by atoms with Crippen molar-refractivity contribution in [1.82, 2.24) is 4.57 Å². The molecule has 38 heavy (non-hydrogen) atoms. The fourth-order valence-corrected chi connectivity index (χ4v) is 6.50. The Kier molecular flexibility index (Phi) is 6.37. The van der Waals surface area contributed by atoms with E-state index in [-0.39, 0.29) is 11.6 Å². The number of aryl methyl sites for hydroxylation is 1. The van der Waals surface area contributed by atoms with Crippen LogP contribution in [0.5, 0.6) is 11.5 Å². The maximum absolute atomic E-state index is 14.0. The van der Waals surface area contributed by atoms with Gasteiger partial charge in [-0.15, -0.1) is 0 Å². The van der Waals surface area contributed by atoms with Gasteiger partial charge in [-0.05, 0) is 65.9 Å². The third-order valence-corrected chi connectivity index (χ3v) is 8.29.